The number of thioether (sulfide) groups is 1. The molecular formula is C18H14ClFN2OS. The fourth-order valence-corrected chi connectivity index (χ4v) is 3.45. The van der Waals surface area contributed by atoms with Crippen molar-refractivity contribution in [2.75, 3.05) is 0 Å². The Morgan fingerprint density at radius 3 is 2.67 bits per heavy atom. The van der Waals surface area contributed by atoms with E-state index in [-0.39, 0.29) is 17.1 Å². The highest BCUT2D eigenvalue weighted by molar-refractivity contribution is 7.98. The molecular weight excluding hydrogens is 347 g/mol. The van der Waals surface area contributed by atoms with Gasteiger partial charge in [0.15, 0.2) is 5.03 Å². The largest absolute Gasteiger partial charge is 0.287 e. The van der Waals surface area contributed by atoms with Gasteiger partial charge in [0.05, 0.1) is 0 Å². The normalized spacial score (nSPS) is 10.8. The molecule has 3 nitrogen and oxygen atoms in total. The first-order chi connectivity index (χ1) is 11.6. The number of hydrogen-bond donors (Lipinski definition) is 0. The lowest BCUT2D eigenvalue weighted by Gasteiger charge is -2.08. The Morgan fingerprint density at radius 1 is 1.21 bits per heavy atom. The van der Waals surface area contributed by atoms with Crippen molar-refractivity contribution in [3.8, 4) is 5.69 Å². The van der Waals surface area contributed by atoms with Crippen molar-refractivity contribution in [1.82, 2.24) is 9.55 Å². The van der Waals surface area contributed by atoms with Crippen molar-refractivity contribution < 1.29 is 4.39 Å². The molecule has 0 fully saturated rings. The van der Waals surface area contributed by atoms with E-state index in [1.54, 1.807) is 24.5 Å². The van der Waals surface area contributed by atoms with Crippen molar-refractivity contribution in [1.29, 1.82) is 0 Å². The third-order valence-electron chi connectivity index (χ3n) is 3.54. The molecule has 0 aliphatic heterocycles. The first kappa shape index (κ1) is 16.7. The maximum atomic E-state index is 13.8. The summed E-state index contributed by atoms with van der Waals surface area (Å²) in [5, 5.41) is 0.648. The van der Waals surface area contributed by atoms with Crippen molar-refractivity contribution in [2.24, 2.45) is 0 Å². The molecule has 0 N–H and O–H groups in total. The van der Waals surface area contributed by atoms with Gasteiger partial charge in [-0.15, -0.1) is 0 Å². The van der Waals surface area contributed by atoms with Crippen LogP contribution in [0.3, 0.4) is 0 Å². The maximum Gasteiger partial charge on any atom is 0.287 e. The van der Waals surface area contributed by atoms with Crippen molar-refractivity contribution >= 4 is 23.4 Å². The molecule has 0 atom stereocenters. The second-order valence-electron chi connectivity index (χ2n) is 5.23. The molecule has 2 aromatic carbocycles. The predicted octanol–water partition coefficient (Wildman–Crippen LogP) is 4.63. The molecule has 0 amide bonds. The number of benzene rings is 2. The highest BCUT2D eigenvalue weighted by atomic mass is 35.5. The molecule has 0 unspecified atom stereocenters. The molecule has 24 heavy (non-hydrogen) atoms. The first-order valence-corrected chi connectivity index (χ1v) is 8.63. The van der Waals surface area contributed by atoms with Crippen LogP contribution in [0.5, 0.6) is 0 Å². The highest BCUT2D eigenvalue weighted by Gasteiger charge is 2.11. The van der Waals surface area contributed by atoms with Crippen LogP contribution in [0.25, 0.3) is 5.69 Å². The van der Waals surface area contributed by atoms with E-state index in [1.807, 2.05) is 31.2 Å². The third-order valence-corrected chi connectivity index (χ3v) is 4.88. The Labute approximate surface area is 148 Å². The summed E-state index contributed by atoms with van der Waals surface area (Å²) in [5.74, 6) is -0.143. The van der Waals surface area contributed by atoms with Crippen molar-refractivity contribution in [3.05, 3.63) is 87.2 Å². The number of aryl methyl sites for hydroxylation is 1. The van der Waals surface area contributed by atoms with Crippen molar-refractivity contribution in [3.63, 3.8) is 0 Å². The topological polar surface area (TPSA) is 34.9 Å². The Hall–Kier alpha value is -2.11. The SMILES string of the molecule is Cc1ccc(-n2ccnc(SCc3c(F)cccc3Cl)c2=O)cc1. The molecule has 0 bridgehead atoms. The van der Waals surface area contributed by atoms with Gasteiger partial charge in [0.25, 0.3) is 5.56 Å². The van der Waals surface area contributed by atoms with Gasteiger partial charge in [0, 0.05) is 34.4 Å². The minimum atomic E-state index is -0.384. The summed E-state index contributed by atoms with van der Waals surface area (Å²) in [4.78, 5) is 16.7. The molecule has 3 aromatic rings. The van der Waals surface area contributed by atoms with Crippen LogP contribution in [-0.4, -0.2) is 9.55 Å². The average molecular weight is 361 g/mol. The van der Waals surface area contributed by atoms with Crippen LogP contribution in [0, 0.1) is 12.7 Å². The van der Waals surface area contributed by atoms with Crippen LogP contribution in [0.4, 0.5) is 4.39 Å². The molecule has 3 rings (SSSR count). The summed E-state index contributed by atoms with van der Waals surface area (Å²) in [6, 6.07) is 12.2. The van der Waals surface area contributed by atoms with Crippen LogP contribution in [-0.2, 0) is 5.75 Å². The fraction of sp³-hybridized carbons (Fsp3) is 0.111. The Morgan fingerprint density at radius 2 is 1.96 bits per heavy atom. The zero-order chi connectivity index (χ0) is 17.1. The van der Waals surface area contributed by atoms with Gasteiger partial charge in [-0.3, -0.25) is 9.36 Å². The first-order valence-electron chi connectivity index (χ1n) is 7.26. The summed E-state index contributed by atoms with van der Waals surface area (Å²) >= 11 is 7.19. The summed E-state index contributed by atoms with van der Waals surface area (Å²) in [5.41, 5.74) is 2.01. The molecule has 0 aliphatic carbocycles. The third kappa shape index (κ3) is 3.52. The number of nitrogens with zero attached hydrogens (tertiary/aromatic N) is 2. The minimum Gasteiger partial charge on any atom is -0.280 e. The van der Waals surface area contributed by atoms with E-state index in [0.29, 0.717) is 15.6 Å². The Bertz CT molecular complexity index is 905. The van der Waals surface area contributed by atoms with E-state index in [9.17, 15) is 9.18 Å². The molecule has 122 valence electrons. The smallest absolute Gasteiger partial charge is 0.280 e. The van der Waals surface area contributed by atoms with E-state index in [4.69, 9.17) is 11.6 Å². The second-order valence-corrected chi connectivity index (χ2v) is 6.60. The van der Waals surface area contributed by atoms with E-state index in [2.05, 4.69) is 4.98 Å². The van der Waals surface area contributed by atoms with E-state index in [0.717, 1.165) is 11.3 Å². The monoisotopic (exact) mass is 360 g/mol. The predicted molar refractivity (Wildman–Crippen MR) is 95.5 cm³/mol. The van der Waals surface area contributed by atoms with Crippen LogP contribution in [0.2, 0.25) is 5.02 Å². The minimum absolute atomic E-state index is 0.237. The zero-order valence-corrected chi connectivity index (χ0v) is 14.4. The molecule has 1 aromatic heterocycles. The summed E-state index contributed by atoms with van der Waals surface area (Å²) in [6.45, 7) is 1.98. The van der Waals surface area contributed by atoms with Gasteiger partial charge in [-0.2, -0.15) is 0 Å². The standard InChI is InChI=1S/C18H14ClFN2OS/c1-12-5-7-13(8-6-12)22-10-9-21-17(18(22)23)24-11-14-15(19)3-2-4-16(14)20/h2-10H,11H2,1H3. The summed E-state index contributed by atoms with van der Waals surface area (Å²) < 4.78 is 15.4. The van der Waals surface area contributed by atoms with Crippen LogP contribution >= 0.6 is 23.4 Å². The van der Waals surface area contributed by atoms with E-state index in [1.165, 1.54) is 22.4 Å². The molecule has 0 radical (unpaired) electrons. The quantitative estimate of drug-likeness (QED) is 0.636. The van der Waals surface area contributed by atoms with Gasteiger partial charge in [-0.05, 0) is 31.2 Å². The van der Waals surface area contributed by atoms with Gasteiger partial charge in [-0.1, -0.05) is 47.1 Å². The molecule has 0 saturated carbocycles. The lowest BCUT2D eigenvalue weighted by atomic mass is 10.2. The van der Waals surface area contributed by atoms with Gasteiger partial charge in [0.2, 0.25) is 0 Å². The number of hydrogen-bond acceptors (Lipinski definition) is 3. The number of rotatable bonds is 4. The van der Waals surface area contributed by atoms with E-state index >= 15 is 0 Å². The van der Waals surface area contributed by atoms with Gasteiger partial charge >= 0.3 is 0 Å². The molecule has 0 aliphatic rings. The van der Waals surface area contributed by atoms with Crippen LogP contribution < -0.4 is 5.56 Å². The lowest BCUT2D eigenvalue weighted by molar-refractivity contribution is 0.617. The van der Waals surface area contributed by atoms with Crippen molar-refractivity contribution in [2.45, 2.75) is 17.7 Å². The zero-order valence-electron chi connectivity index (χ0n) is 12.9. The Kier molecular flexibility index (Phi) is 5.02. The summed E-state index contributed by atoms with van der Waals surface area (Å²) in [6.07, 6.45) is 3.18. The molecule has 1 heterocycles. The maximum absolute atomic E-state index is 13.8. The number of aromatic nitrogens is 2. The lowest BCUT2D eigenvalue weighted by Crippen LogP contribution is -2.20. The second kappa shape index (κ2) is 7.20. The molecule has 0 saturated heterocycles. The molecule has 0 spiro atoms. The van der Waals surface area contributed by atoms with Crippen LogP contribution in [0.1, 0.15) is 11.1 Å². The fourth-order valence-electron chi connectivity index (χ4n) is 2.21. The van der Waals surface area contributed by atoms with Gasteiger partial charge in [-0.25, -0.2) is 9.37 Å². The highest BCUT2D eigenvalue weighted by Crippen LogP contribution is 2.26. The van der Waals surface area contributed by atoms with Gasteiger partial charge < -0.3 is 0 Å². The van der Waals surface area contributed by atoms with E-state index < -0.39 is 0 Å². The summed E-state index contributed by atoms with van der Waals surface area (Å²) in [7, 11) is 0. The van der Waals surface area contributed by atoms with Gasteiger partial charge in [0.1, 0.15) is 5.82 Å². The van der Waals surface area contributed by atoms with Crippen LogP contribution in [0.15, 0.2) is 64.7 Å². The average Bonchev–Trinajstić information content (AvgIpc) is 2.57. The Balaban J connectivity index is 1.89. The number of halogens is 2. The molecule has 6 heteroatoms.